The highest BCUT2D eigenvalue weighted by atomic mass is 15.2. The minimum Gasteiger partial charge on any atom is -0.364 e. The molecule has 5 heteroatoms. The molecule has 0 aliphatic carbocycles. The fourth-order valence-electron chi connectivity index (χ4n) is 3.32. The summed E-state index contributed by atoms with van der Waals surface area (Å²) in [6, 6.07) is 18.2. The van der Waals surface area contributed by atoms with Gasteiger partial charge in [-0.3, -0.25) is 4.98 Å². The van der Waals surface area contributed by atoms with Gasteiger partial charge in [0.15, 0.2) is 5.82 Å². The van der Waals surface area contributed by atoms with E-state index in [2.05, 4.69) is 40.3 Å². The summed E-state index contributed by atoms with van der Waals surface area (Å²) in [6.07, 6.45) is 4.23. The Kier molecular flexibility index (Phi) is 5.28. The van der Waals surface area contributed by atoms with Gasteiger partial charge in [-0.2, -0.15) is 0 Å². The maximum Gasteiger partial charge on any atom is 0.163 e. The number of benzene rings is 1. The number of nitrogens with zero attached hydrogens (tertiary/aromatic N) is 4. The monoisotopic (exact) mass is 359 g/mol. The van der Waals surface area contributed by atoms with Crippen LogP contribution >= 0.6 is 0 Å². The molecule has 0 atom stereocenters. The van der Waals surface area contributed by atoms with E-state index in [1.54, 1.807) is 0 Å². The lowest BCUT2D eigenvalue weighted by atomic mass is 9.99. The SMILES string of the molecule is CC1CCN(c2cc(NCc3ccccn3)nc(-c3ccccc3)n2)CC1. The van der Waals surface area contributed by atoms with Crippen LogP contribution in [0.15, 0.2) is 60.8 Å². The van der Waals surface area contributed by atoms with Crippen molar-refractivity contribution in [1.82, 2.24) is 15.0 Å². The summed E-state index contributed by atoms with van der Waals surface area (Å²) in [5, 5.41) is 3.42. The highest BCUT2D eigenvalue weighted by Crippen LogP contribution is 2.26. The Morgan fingerprint density at radius 1 is 1.00 bits per heavy atom. The number of aromatic nitrogens is 3. The van der Waals surface area contributed by atoms with Crippen LogP contribution in [0.4, 0.5) is 11.6 Å². The molecule has 3 aromatic rings. The lowest BCUT2D eigenvalue weighted by Crippen LogP contribution is -2.33. The molecule has 138 valence electrons. The summed E-state index contributed by atoms with van der Waals surface area (Å²) in [5.74, 6) is 3.39. The molecular formula is C22H25N5. The Bertz CT molecular complexity index is 858. The molecule has 0 unspecified atom stereocenters. The van der Waals surface area contributed by atoms with E-state index in [0.717, 1.165) is 47.7 Å². The normalized spacial score (nSPS) is 14.9. The molecule has 1 N–H and O–H groups in total. The van der Waals surface area contributed by atoms with Crippen LogP contribution in [-0.2, 0) is 6.54 Å². The fourth-order valence-corrected chi connectivity index (χ4v) is 3.32. The summed E-state index contributed by atoms with van der Waals surface area (Å²) in [6.45, 7) is 5.06. The van der Waals surface area contributed by atoms with Crippen LogP contribution in [0.25, 0.3) is 11.4 Å². The zero-order valence-corrected chi connectivity index (χ0v) is 15.7. The first-order valence-electron chi connectivity index (χ1n) is 9.61. The van der Waals surface area contributed by atoms with Crippen molar-refractivity contribution in [2.75, 3.05) is 23.3 Å². The lowest BCUT2D eigenvalue weighted by molar-refractivity contribution is 0.436. The van der Waals surface area contributed by atoms with Crippen LogP contribution in [0.1, 0.15) is 25.5 Å². The fraction of sp³-hybridized carbons (Fsp3) is 0.318. The topological polar surface area (TPSA) is 53.9 Å². The second-order valence-corrected chi connectivity index (χ2v) is 7.15. The van der Waals surface area contributed by atoms with Gasteiger partial charge in [0.05, 0.1) is 12.2 Å². The van der Waals surface area contributed by atoms with Gasteiger partial charge >= 0.3 is 0 Å². The first-order chi connectivity index (χ1) is 13.3. The predicted molar refractivity (Wildman–Crippen MR) is 110 cm³/mol. The van der Waals surface area contributed by atoms with Crippen molar-refractivity contribution in [3.63, 3.8) is 0 Å². The minimum absolute atomic E-state index is 0.641. The molecule has 3 heterocycles. The molecule has 1 fully saturated rings. The van der Waals surface area contributed by atoms with Crippen molar-refractivity contribution in [1.29, 1.82) is 0 Å². The number of hydrogen-bond donors (Lipinski definition) is 1. The number of hydrogen-bond acceptors (Lipinski definition) is 5. The molecule has 1 saturated heterocycles. The largest absolute Gasteiger partial charge is 0.364 e. The summed E-state index contributed by atoms with van der Waals surface area (Å²) in [4.78, 5) is 16.4. The Labute approximate surface area is 160 Å². The van der Waals surface area contributed by atoms with E-state index < -0.39 is 0 Å². The third-order valence-electron chi connectivity index (χ3n) is 5.03. The third kappa shape index (κ3) is 4.42. The summed E-state index contributed by atoms with van der Waals surface area (Å²) in [7, 11) is 0. The molecule has 0 bridgehead atoms. The number of anilines is 2. The maximum absolute atomic E-state index is 4.87. The first kappa shape index (κ1) is 17.5. The molecule has 5 nitrogen and oxygen atoms in total. The molecule has 0 radical (unpaired) electrons. The van der Waals surface area contributed by atoms with Gasteiger partial charge in [0.1, 0.15) is 11.6 Å². The highest BCUT2D eigenvalue weighted by Gasteiger charge is 2.19. The first-order valence-corrected chi connectivity index (χ1v) is 9.61. The molecule has 27 heavy (non-hydrogen) atoms. The predicted octanol–water partition coefficient (Wildman–Crippen LogP) is 4.39. The van der Waals surface area contributed by atoms with Gasteiger partial charge in [-0.25, -0.2) is 9.97 Å². The molecule has 0 amide bonds. The number of pyridine rings is 1. The Hall–Kier alpha value is -2.95. The molecule has 0 spiro atoms. The molecule has 1 aliphatic heterocycles. The average molecular weight is 359 g/mol. The number of rotatable bonds is 5. The summed E-state index contributed by atoms with van der Waals surface area (Å²) < 4.78 is 0. The van der Waals surface area contributed by atoms with Crippen molar-refractivity contribution in [3.05, 3.63) is 66.5 Å². The molecule has 0 saturated carbocycles. The van der Waals surface area contributed by atoms with E-state index >= 15 is 0 Å². The van der Waals surface area contributed by atoms with E-state index in [-0.39, 0.29) is 0 Å². The van der Waals surface area contributed by atoms with Crippen molar-refractivity contribution in [3.8, 4) is 11.4 Å². The second kappa shape index (κ2) is 8.16. The summed E-state index contributed by atoms with van der Waals surface area (Å²) >= 11 is 0. The van der Waals surface area contributed by atoms with E-state index in [9.17, 15) is 0 Å². The molecule has 1 aliphatic rings. The van der Waals surface area contributed by atoms with E-state index in [4.69, 9.17) is 9.97 Å². The van der Waals surface area contributed by atoms with Crippen molar-refractivity contribution >= 4 is 11.6 Å². The second-order valence-electron chi connectivity index (χ2n) is 7.15. The van der Waals surface area contributed by atoms with Crippen LogP contribution in [0, 0.1) is 5.92 Å². The summed E-state index contributed by atoms with van der Waals surface area (Å²) in [5.41, 5.74) is 2.02. The van der Waals surface area contributed by atoms with Crippen molar-refractivity contribution in [2.45, 2.75) is 26.3 Å². The molecule has 1 aromatic carbocycles. The van der Waals surface area contributed by atoms with Gasteiger partial charge in [0.25, 0.3) is 0 Å². The van der Waals surface area contributed by atoms with E-state index in [0.29, 0.717) is 6.54 Å². The molecule has 2 aromatic heterocycles. The molecule has 4 rings (SSSR count). The quantitative estimate of drug-likeness (QED) is 0.732. The zero-order valence-electron chi connectivity index (χ0n) is 15.7. The van der Waals surface area contributed by atoms with E-state index in [1.165, 1.54) is 12.8 Å². The minimum atomic E-state index is 0.641. The average Bonchev–Trinajstić information content (AvgIpc) is 2.74. The number of nitrogens with one attached hydrogen (secondary N) is 1. The van der Waals surface area contributed by atoms with Gasteiger partial charge in [-0.05, 0) is 30.9 Å². The van der Waals surface area contributed by atoms with Gasteiger partial charge in [0.2, 0.25) is 0 Å². The van der Waals surface area contributed by atoms with Gasteiger partial charge < -0.3 is 10.2 Å². The standard InChI is InChI=1S/C22H25N5/c1-17-10-13-27(14-11-17)21-15-20(24-16-19-9-5-6-12-23-19)25-22(26-21)18-7-3-2-4-8-18/h2-9,12,15,17H,10-11,13-14,16H2,1H3,(H,24,25,26). The highest BCUT2D eigenvalue weighted by molar-refractivity contribution is 5.61. The van der Waals surface area contributed by atoms with Crippen LogP contribution in [0.3, 0.4) is 0 Å². The smallest absolute Gasteiger partial charge is 0.163 e. The lowest BCUT2D eigenvalue weighted by Gasteiger charge is -2.31. The van der Waals surface area contributed by atoms with E-state index in [1.807, 2.05) is 42.6 Å². The Balaban J connectivity index is 1.62. The van der Waals surface area contributed by atoms with Crippen LogP contribution in [0.5, 0.6) is 0 Å². The Morgan fingerprint density at radius 2 is 1.78 bits per heavy atom. The van der Waals surface area contributed by atoms with Gasteiger partial charge in [-0.1, -0.05) is 43.3 Å². The van der Waals surface area contributed by atoms with Crippen molar-refractivity contribution < 1.29 is 0 Å². The van der Waals surface area contributed by atoms with Crippen LogP contribution in [0.2, 0.25) is 0 Å². The van der Waals surface area contributed by atoms with Crippen LogP contribution in [-0.4, -0.2) is 28.0 Å². The molecular weight excluding hydrogens is 334 g/mol. The maximum atomic E-state index is 4.87. The van der Waals surface area contributed by atoms with Crippen LogP contribution < -0.4 is 10.2 Å². The van der Waals surface area contributed by atoms with Gasteiger partial charge in [-0.15, -0.1) is 0 Å². The van der Waals surface area contributed by atoms with Crippen molar-refractivity contribution in [2.24, 2.45) is 5.92 Å². The zero-order chi connectivity index (χ0) is 18.5. The third-order valence-corrected chi connectivity index (χ3v) is 5.03. The Morgan fingerprint density at radius 3 is 2.52 bits per heavy atom. The number of piperidine rings is 1. The van der Waals surface area contributed by atoms with Gasteiger partial charge in [0, 0.05) is 30.9 Å².